The van der Waals surface area contributed by atoms with Crippen LogP contribution in [0.25, 0.3) is 0 Å². The van der Waals surface area contributed by atoms with E-state index in [4.69, 9.17) is 9.47 Å². The highest BCUT2D eigenvalue weighted by Gasteiger charge is 2.32. The maximum atomic E-state index is 14.1. The van der Waals surface area contributed by atoms with E-state index in [2.05, 4.69) is 39.6 Å². The fraction of sp³-hybridized carbons (Fsp3) is 0.536. The molecule has 0 fully saturated rings. The third-order valence-corrected chi connectivity index (χ3v) is 6.41. The molecule has 1 heterocycles. The van der Waals surface area contributed by atoms with Gasteiger partial charge in [-0.15, -0.1) is 11.3 Å². The summed E-state index contributed by atoms with van der Waals surface area (Å²) >= 11 is 1.44. The van der Waals surface area contributed by atoms with E-state index in [9.17, 15) is 14.7 Å². The van der Waals surface area contributed by atoms with Crippen molar-refractivity contribution in [1.29, 1.82) is 0 Å². The van der Waals surface area contributed by atoms with Crippen molar-refractivity contribution >= 4 is 23.2 Å². The highest BCUT2D eigenvalue weighted by Crippen LogP contribution is 2.35. The van der Waals surface area contributed by atoms with Gasteiger partial charge >= 0.3 is 5.97 Å². The maximum absolute atomic E-state index is 14.1. The molecule has 0 aliphatic rings. The molecular weight excluding hydrogens is 476 g/mol. The number of carboxylic acids is 1. The molecule has 2 rings (SSSR count). The van der Waals surface area contributed by atoms with Gasteiger partial charge in [0.25, 0.3) is 5.91 Å². The predicted molar refractivity (Wildman–Crippen MR) is 144 cm³/mol. The lowest BCUT2D eigenvalue weighted by Crippen LogP contribution is -2.39. The van der Waals surface area contributed by atoms with Crippen LogP contribution in [0.2, 0.25) is 0 Å². The minimum Gasteiger partial charge on any atom is -0.496 e. The number of hydrogen-bond donors (Lipinski definition) is 1. The fourth-order valence-corrected chi connectivity index (χ4v) is 4.76. The lowest BCUT2D eigenvalue weighted by molar-refractivity contribution is -0.136. The molecule has 0 aliphatic heterocycles. The Hall–Kier alpha value is -2.71. The van der Waals surface area contributed by atoms with E-state index in [-0.39, 0.29) is 30.3 Å². The highest BCUT2D eigenvalue weighted by atomic mass is 32.1. The van der Waals surface area contributed by atoms with Crippen molar-refractivity contribution in [2.75, 3.05) is 26.9 Å². The topological polar surface area (TPSA) is 89.0 Å². The Morgan fingerprint density at radius 1 is 1.25 bits per heavy atom. The van der Waals surface area contributed by atoms with Crippen molar-refractivity contribution in [2.24, 2.45) is 5.92 Å². The van der Waals surface area contributed by atoms with E-state index in [1.807, 2.05) is 24.4 Å². The van der Waals surface area contributed by atoms with Gasteiger partial charge in [-0.05, 0) is 41.0 Å². The Morgan fingerprint density at radius 3 is 2.50 bits per heavy atom. The largest absolute Gasteiger partial charge is 0.496 e. The molecule has 1 aromatic carbocycles. The zero-order valence-electron chi connectivity index (χ0n) is 22.5. The van der Waals surface area contributed by atoms with Crippen molar-refractivity contribution in [3.63, 3.8) is 0 Å². The molecule has 7 nitrogen and oxygen atoms in total. The molecule has 0 radical (unpaired) electrons. The van der Waals surface area contributed by atoms with E-state index in [1.54, 1.807) is 30.3 Å². The molecule has 1 aromatic heterocycles. The molecule has 0 spiro atoms. The molecule has 0 unspecified atom stereocenters. The van der Waals surface area contributed by atoms with Gasteiger partial charge in [0.15, 0.2) is 0 Å². The quantitative estimate of drug-likeness (QED) is 0.255. The first-order valence-corrected chi connectivity index (χ1v) is 13.2. The Labute approximate surface area is 219 Å². The number of methoxy groups -OCH3 is 1. The van der Waals surface area contributed by atoms with E-state index in [0.717, 1.165) is 17.0 Å². The number of ether oxygens (including phenoxy) is 2. The normalized spacial score (nSPS) is 13.1. The summed E-state index contributed by atoms with van der Waals surface area (Å²) in [5, 5.41) is 12.0. The molecule has 0 aliphatic carbocycles. The second-order valence-corrected chi connectivity index (χ2v) is 11.1. The average molecular weight is 517 g/mol. The molecule has 0 bridgehead atoms. The molecule has 2 aromatic rings. The molecule has 1 N–H and O–H groups in total. The van der Waals surface area contributed by atoms with Crippen LogP contribution in [-0.2, 0) is 14.9 Å². The van der Waals surface area contributed by atoms with Gasteiger partial charge < -0.3 is 19.5 Å². The van der Waals surface area contributed by atoms with E-state index >= 15 is 0 Å². The smallest absolute Gasteiger partial charge is 0.307 e. The van der Waals surface area contributed by atoms with Gasteiger partial charge in [0.2, 0.25) is 0 Å². The van der Waals surface area contributed by atoms with Crippen LogP contribution in [0.4, 0.5) is 0 Å². The number of aromatic nitrogens is 1. The lowest BCUT2D eigenvalue weighted by atomic mass is 9.85. The first kappa shape index (κ1) is 29.5. The van der Waals surface area contributed by atoms with Crippen molar-refractivity contribution in [1.82, 2.24) is 9.88 Å². The second kappa shape index (κ2) is 13.6. The van der Waals surface area contributed by atoms with Crippen LogP contribution in [0.3, 0.4) is 0 Å². The first-order valence-electron chi connectivity index (χ1n) is 12.4. The summed E-state index contributed by atoms with van der Waals surface area (Å²) < 4.78 is 11.5. The fourth-order valence-electron chi connectivity index (χ4n) is 3.97. The van der Waals surface area contributed by atoms with Crippen LogP contribution >= 0.6 is 11.3 Å². The van der Waals surface area contributed by atoms with Crippen LogP contribution in [0.1, 0.15) is 81.4 Å². The van der Waals surface area contributed by atoms with Crippen LogP contribution in [0.15, 0.2) is 41.4 Å². The minimum atomic E-state index is -0.940. The van der Waals surface area contributed by atoms with Crippen LogP contribution in [0, 0.1) is 5.92 Å². The molecule has 0 saturated heterocycles. The molecule has 1 amide bonds. The molecule has 198 valence electrons. The molecular formula is C28H40N2O5S. The molecule has 1 atom stereocenters. The number of carbonyl (C=O) groups is 2. The van der Waals surface area contributed by atoms with Gasteiger partial charge in [0, 0.05) is 30.3 Å². The highest BCUT2D eigenvalue weighted by molar-refractivity contribution is 7.09. The number of rotatable bonds is 13. The van der Waals surface area contributed by atoms with Crippen LogP contribution in [0.5, 0.6) is 5.75 Å². The summed E-state index contributed by atoms with van der Waals surface area (Å²) in [6.45, 7) is 13.7. The van der Waals surface area contributed by atoms with E-state index in [0.29, 0.717) is 30.0 Å². The summed E-state index contributed by atoms with van der Waals surface area (Å²) in [6.07, 6.45) is 4.04. The Kier molecular flexibility index (Phi) is 11.1. The minimum absolute atomic E-state index is 0.142. The first-order chi connectivity index (χ1) is 17.0. The number of hydrogen-bond acceptors (Lipinski definition) is 6. The third kappa shape index (κ3) is 8.17. The summed E-state index contributed by atoms with van der Waals surface area (Å²) in [7, 11) is 1.61. The average Bonchev–Trinajstić information content (AvgIpc) is 3.34. The van der Waals surface area contributed by atoms with Crippen molar-refractivity contribution in [2.45, 2.75) is 65.8 Å². The Morgan fingerprint density at radius 2 is 1.97 bits per heavy atom. The lowest BCUT2D eigenvalue weighted by Gasteiger charge is -2.34. The summed E-state index contributed by atoms with van der Waals surface area (Å²) in [6, 6.07) is 5.04. The summed E-state index contributed by atoms with van der Waals surface area (Å²) in [4.78, 5) is 31.8. The van der Waals surface area contributed by atoms with E-state index < -0.39 is 12.0 Å². The number of thiazole rings is 1. The van der Waals surface area contributed by atoms with Gasteiger partial charge in [-0.25, -0.2) is 4.98 Å². The number of carboxylic acid groups (broad SMARTS) is 1. The van der Waals surface area contributed by atoms with Gasteiger partial charge in [0.05, 0.1) is 20.1 Å². The number of carbonyl (C=O) groups excluding carboxylic acids is 1. The van der Waals surface area contributed by atoms with Crippen molar-refractivity contribution < 1.29 is 24.2 Å². The molecule has 36 heavy (non-hydrogen) atoms. The van der Waals surface area contributed by atoms with Crippen LogP contribution in [-0.4, -0.2) is 53.7 Å². The summed E-state index contributed by atoms with van der Waals surface area (Å²) in [5.74, 6) is -0.273. The standard InChI is InChI=1S/C28H40N2O5S/c1-8-14-35-18-21(10-12-24(31)32)25(26-29-13-15-36-26)30(17-19(2)3)27(33)20-9-11-22(28(4,5)6)23(16-20)34-7/h9-11,13,15-16,19,25H,8,12,14,17-18H2,1-7H3,(H,31,32)/b21-10-/t25-/m1/s1. The zero-order valence-corrected chi connectivity index (χ0v) is 23.4. The van der Waals surface area contributed by atoms with Gasteiger partial charge in [-0.3, -0.25) is 9.59 Å². The SMILES string of the molecule is CCCOC/C(=C/CC(=O)O)[C@H](c1nccs1)N(CC(C)C)C(=O)c1ccc(C(C)(C)C)c(OC)c1. The van der Waals surface area contributed by atoms with Crippen molar-refractivity contribution in [3.05, 3.63) is 57.6 Å². The molecule has 8 heteroatoms. The Balaban J connectivity index is 2.62. The second-order valence-electron chi connectivity index (χ2n) is 10.2. The zero-order chi connectivity index (χ0) is 26.9. The molecule has 0 saturated carbocycles. The maximum Gasteiger partial charge on any atom is 0.307 e. The van der Waals surface area contributed by atoms with Gasteiger partial charge in [-0.1, -0.05) is 53.7 Å². The number of aliphatic carboxylic acids is 1. The van der Waals surface area contributed by atoms with Gasteiger partial charge in [-0.2, -0.15) is 0 Å². The monoisotopic (exact) mass is 516 g/mol. The van der Waals surface area contributed by atoms with Gasteiger partial charge in [0.1, 0.15) is 16.8 Å². The predicted octanol–water partition coefficient (Wildman–Crippen LogP) is 6.12. The van der Waals surface area contributed by atoms with Crippen molar-refractivity contribution in [3.8, 4) is 5.75 Å². The number of benzene rings is 1. The third-order valence-electron chi connectivity index (χ3n) is 5.58. The number of amides is 1. The Bertz CT molecular complexity index is 1030. The summed E-state index contributed by atoms with van der Waals surface area (Å²) in [5.41, 5.74) is 2.10. The van der Waals surface area contributed by atoms with E-state index in [1.165, 1.54) is 11.3 Å². The number of nitrogens with zero attached hydrogens (tertiary/aromatic N) is 2. The van der Waals surface area contributed by atoms with Crippen LogP contribution < -0.4 is 4.74 Å².